The summed E-state index contributed by atoms with van der Waals surface area (Å²) in [5, 5.41) is 3.37. The molecule has 24 heavy (non-hydrogen) atoms. The molecule has 0 aromatic heterocycles. The van der Waals surface area contributed by atoms with Crippen LogP contribution < -0.4 is 10.1 Å². The molecule has 3 heteroatoms. The summed E-state index contributed by atoms with van der Waals surface area (Å²) in [6.45, 7) is 11.2. The van der Waals surface area contributed by atoms with Crippen molar-refractivity contribution in [2.45, 2.75) is 53.6 Å². The summed E-state index contributed by atoms with van der Waals surface area (Å²) in [5.41, 5.74) is 5.88. The summed E-state index contributed by atoms with van der Waals surface area (Å²) in [4.78, 5) is 0.851. The molecule has 128 valence electrons. The molecular weight excluding hydrogens is 314 g/mol. The SMILES string of the molecule is CCC(=S)Nc1cc(C(C)C)ccc1COc1ccc(C)cc1C. The Balaban J connectivity index is 2.22. The number of benzene rings is 2. The average molecular weight is 342 g/mol. The second-order valence-corrected chi connectivity index (χ2v) is 7.02. The molecule has 2 aromatic rings. The number of hydrogen-bond donors (Lipinski definition) is 1. The topological polar surface area (TPSA) is 21.3 Å². The van der Waals surface area contributed by atoms with Crippen molar-refractivity contribution in [2.24, 2.45) is 0 Å². The van der Waals surface area contributed by atoms with Crippen LogP contribution in [0.2, 0.25) is 0 Å². The van der Waals surface area contributed by atoms with Gasteiger partial charge in [0.1, 0.15) is 12.4 Å². The molecule has 0 atom stereocenters. The number of aryl methyl sites for hydroxylation is 2. The molecule has 0 saturated heterocycles. The van der Waals surface area contributed by atoms with Gasteiger partial charge in [0.15, 0.2) is 0 Å². The van der Waals surface area contributed by atoms with E-state index in [0.717, 1.165) is 34.0 Å². The lowest BCUT2D eigenvalue weighted by Crippen LogP contribution is -2.11. The molecule has 0 unspecified atom stereocenters. The highest BCUT2D eigenvalue weighted by Gasteiger charge is 2.09. The lowest BCUT2D eigenvalue weighted by atomic mass is 10.0. The van der Waals surface area contributed by atoms with Gasteiger partial charge in [0, 0.05) is 11.3 Å². The van der Waals surface area contributed by atoms with E-state index in [1.54, 1.807) is 0 Å². The standard InChI is InChI=1S/C21H27NOS/c1-6-21(24)22-19-12-17(14(2)3)8-9-18(19)13-23-20-10-7-15(4)11-16(20)5/h7-12,14H,6,13H2,1-5H3,(H,22,24). The minimum absolute atomic E-state index is 0.482. The third-order valence-corrected chi connectivity index (χ3v) is 4.50. The van der Waals surface area contributed by atoms with Crippen LogP contribution in [-0.4, -0.2) is 4.99 Å². The molecule has 0 bridgehead atoms. The van der Waals surface area contributed by atoms with Crippen LogP contribution in [0.1, 0.15) is 55.4 Å². The van der Waals surface area contributed by atoms with Crippen molar-refractivity contribution in [3.63, 3.8) is 0 Å². The largest absolute Gasteiger partial charge is 0.489 e. The number of anilines is 1. The van der Waals surface area contributed by atoms with Gasteiger partial charge in [0.2, 0.25) is 0 Å². The first-order valence-electron chi connectivity index (χ1n) is 8.53. The first kappa shape index (κ1) is 18.5. The molecule has 2 rings (SSSR count). The van der Waals surface area contributed by atoms with Gasteiger partial charge in [-0.1, -0.05) is 62.8 Å². The molecule has 0 amide bonds. The van der Waals surface area contributed by atoms with E-state index in [9.17, 15) is 0 Å². The van der Waals surface area contributed by atoms with Gasteiger partial charge in [-0.05, 0) is 49.4 Å². The molecule has 0 aliphatic rings. The summed E-state index contributed by atoms with van der Waals surface area (Å²) in [5.74, 6) is 1.41. The van der Waals surface area contributed by atoms with Crippen molar-refractivity contribution < 1.29 is 4.74 Å². The number of nitrogens with one attached hydrogen (secondary N) is 1. The Bertz CT molecular complexity index is 722. The van der Waals surface area contributed by atoms with Crippen LogP contribution in [0.5, 0.6) is 5.75 Å². The summed E-state index contributed by atoms with van der Waals surface area (Å²) >= 11 is 5.37. The average Bonchev–Trinajstić information content (AvgIpc) is 2.54. The Morgan fingerprint density at radius 3 is 2.50 bits per heavy atom. The van der Waals surface area contributed by atoms with Crippen molar-refractivity contribution in [3.05, 3.63) is 58.7 Å². The Morgan fingerprint density at radius 1 is 1.12 bits per heavy atom. The molecule has 2 aromatic carbocycles. The fourth-order valence-electron chi connectivity index (χ4n) is 2.55. The molecule has 2 nitrogen and oxygen atoms in total. The zero-order valence-corrected chi connectivity index (χ0v) is 16.1. The zero-order valence-electron chi connectivity index (χ0n) is 15.3. The quantitative estimate of drug-likeness (QED) is 0.636. The van der Waals surface area contributed by atoms with Crippen LogP contribution in [0, 0.1) is 13.8 Å². The Labute approximate surface area is 151 Å². The maximum absolute atomic E-state index is 6.05. The molecular formula is C21H27NOS. The minimum Gasteiger partial charge on any atom is -0.489 e. The summed E-state index contributed by atoms with van der Waals surface area (Å²) in [6, 6.07) is 12.8. The van der Waals surface area contributed by atoms with E-state index >= 15 is 0 Å². The van der Waals surface area contributed by atoms with Gasteiger partial charge in [0.25, 0.3) is 0 Å². The van der Waals surface area contributed by atoms with Gasteiger partial charge >= 0.3 is 0 Å². The second kappa shape index (κ2) is 8.29. The molecule has 0 saturated carbocycles. The van der Waals surface area contributed by atoms with E-state index in [-0.39, 0.29) is 0 Å². The highest BCUT2D eigenvalue weighted by molar-refractivity contribution is 7.80. The lowest BCUT2D eigenvalue weighted by molar-refractivity contribution is 0.304. The highest BCUT2D eigenvalue weighted by atomic mass is 32.1. The molecule has 0 fully saturated rings. The maximum Gasteiger partial charge on any atom is 0.122 e. The predicted octanol–water partition coefficient (Wildman–Crippen LogP) is 6.16. The molecule has 1 N–H and O–H groups in total. The number of hydrogen-bond acceptors (Lipinski definition) is 2. The summed E-state index contributed by atoms with van der Waals surface area (Å²) in [7, 11) is 0. The van der Waals surface area contributed by atoms with Gasteiger partial charge in [-0.2, -0.15) is 0 Å². The first-order valence-corrected chi connectivity index (χ1v) is 8.94. The predicted molar refractivity (Wildman–Crippen MR) is 107 cm³/mol. The molecule has 0 radical (unpaired) electrons. The van der Waals surface area contributed by atoms with Crippen molar-refractivity contribution in [2.75, 3.05) is 5.32 Å². The van der Waals surface area contributed by atoms with Crippen LogP contribution in [0.15, 0.2) is 36.4 Å². The van der Waals surface area contributed by atoms with E-state index in [0.29, 0.717) is 12.5 Å². The monoisotopic (exact) mass is 341 g/mol. The molecule has 0 heterocycles. The zero-order chi connectivity index (χ0) is 17.7. The fourth-order valence-corrected chi connectivity index (χ4v) is 2.66. The van der Waals surface area contributed by atoms with E-state index in [1.807, 2.05) is 6.07 Å². The number of rotatable bonds is 6. The fraction of sp³-hybridized carbons (Fsp3) is 0.381. The normalized spacial score (nSPS) is 10.8. The van der Waals surface area contributed by atoms with E-state index in [4.69, 9.17) is 17.0 Å². The van der Waals surface area contributed by atoms with Gasteiger partial charge in [-0.25, -0.2) is 0 Å². The van der Waals surface area contributed by atoms with Crippen molar-refractivity contribution in [1.82, 2.24) is 0 Å². The van der Waals surface area contributed by atoms with Gasteiger partial charge in [-0.15, -0.1) is 0 Å². The third-order valence-electron chi connectivity index (χ3n) is 4.11. The van der Waals surface area contributed by atoms with Crippen LogP contribution in [-0.2, 0) is 6.61 Å². The van der Waals surface area contributed by atoms with E-state index in [1.165, 1.54) is 11.1 Å². The molecule has 0 spiro atoms. The van der Waals surface area contributed by atoms with E-state index in [2.05, 4.69) is 70.3 Å². The van der Waals surface area contributed by atoms with E-state index < -0.39 is 0 Å². The van der Waals surface area contributed by atoms with Gasteiger partial charge in [0.05, 0.1) is 4.99 Å². The number of thiocarbonyl (C=S) groups is 1. The Hall–Kier alpha value is -1.87. The van der Waals surface area contributed by atoms with Crippen LogP contribution in [0.3, 0.4) is 0 Å². The van der Waals surface area contributed by atoms with Crippen molar-refractivity contribution >= 4 is 22.9 Å². The maximum atomic E-state index is 6.05. The summed E-state index contributed by atoms with van der Waals surface area (Å²) < 4.78 is 6.05. The molecule has 0 aliphatic carbocycles. The Morgan fingerprint density at radius 2 is 1.88 bits per heavy atom. The van der Waals surface area contributed by atoms with Crippen LogP contribution in [0.4, 0.5) is 5.69 Å². The third kappa shape index (κ3) is 4.81. The lowest BCUT2D eigenvalue weighted by Gasteiger charge is -2.17. The van der Waals surface area contributed by atoms with Crippen LogP contribution >= 0.6 is 12.2 Å². The minimum atomic E-state index is 0.482. The Kier molecular flexibility index (Phi) is 6.38. The molecule has 0 aliphatic heterocycles. The van der Waals surface area contributed by atoms with Crippen LogP contribution in [0.25, 0.3) is 0 Å². The number of ether oxygens (including phenoxy) is 1. The summed E-state index contributed by atoms with van der Waals surface area (Å²) in [6.07, 6.45) is 0.832. The van der Waals surface area contributed by atoms with Crippen molar-refractivity contribution in [1.29, 1.82) is 0 Å². The second-order valence-electron chi connectivity index (χ2n) is 6.53. The van der Waals surface area contributed by atoms with Gasteiger partial charge in [-0.3, -0.25) is 0 Å². The highest BCUT2D eigenvalue weighted by Crippen LogP contribution is 2.26. The first-order chi connectivity index (χ1) is 11.4. The smallest absolute Gasteiger partial charge is 0.122 e. The van der Waals surface area contributed by atoms with Crippen molar-refractivity contribution in [3.8, 4) is 5.75 Å². The van der Waals surface area contributed by atoms with Gasteiger partial charge < -0.3 is 10.1 Å².